The first-order valence-electron chi connectivity index (χ1n) is 5.56. The number of halogens is 2. The zero-order valence-corrected chi connectivity index (χ0v) is 9.93. The van der Waals surface area contributed by atoms with Gasteiger partial charge in [-0.3, -0.25) is 4.79 Å². The van der Waals surface area contributed by atoms with Crippen LogP contribution >= 0.6 is 11.6 Å². The van der Waals surface area contributed by atoms with Gasteiger partial charge in [-0.25, -0.2) is 4.39 Å². The molecule has 2 atom stereocenters. The second kappa shape index (κ2) is 4.54. The zero-order valence-electron chi connectivity index (χ0n) is 9.17. The lowest BCUT2D eigenvalue weighted by Crippen LogP contribution is -2.22. The first-order valence-corrected chi connectivity index (χ1v) is 5.94. The SMILES string of the molecule is C[C@H]1CCC(=O)C(c2cccc(Cl)c2F)C1. The standard InChI is InChI=1S/C13H14ClFO/c1-8-5-6-12(16)10(7-8)9-3-2-4-11(14)13(9)15/h2-4,8,10H,5-7H2,1H3/t8-,10?/m0/s1. The molecule has 1 saturated carbocycles. The Balaban J connectivity index is 2.35. The highest BCUT2D eigenvalue weighted by Gasteiger charge is 2.30. The van der Waals surface area contributed by atoms with Crippen molar-refractivity contribution < 1.29 is 9.18 Å². The summed E-state index contributed by atoms with van der Waals surface area (Å²) >= 11 is 5.73. The highest BCUT2D eigenvalue weighted by molar-refractivity contribution is 6.30. The van der Waals surface area contributed by atoms with Gasteiger partial charge in [0, 0.05) is 12.3 Å². The van der Waals surface area contributed by atoms with Crippen LogP contribution in [0.2, 0.25) is 5.02 Å². The van der Waals surface area contributed by atoms with E-state index in [0.717, 1.165) is 12.8 Å². The van der Waals surface area contributed by atoms with E-state index in [1.165, 1.54) is 6.07 Å². The van der Waals surface area contributed by atoms with Crippen molar-refractivity contribution in [1.29, 1.82) is 0 Å². The van der Waals surface area contributed by atoms with E-state index in [1.54, 1.807) is 12.1 Å². The average molecular weight is 241 g/mol. The number of hydrogen-bond donors (Lipinski definition) is 0. The molecule has 0 bridgehead atoms. The quantitative estimate of drug-likeness (QED) is 0.726. The Morgan fingerprint density at radius 1 is 1.44 bits per heavy atom. The van der Waals surface area contributed by atoms with Gasteiger partial charge in [-0.1, -0.05) is 30.7 Å². The summed E-state index contributed by atoms with van der Waals surface area (Å²) in [5.41, 5.74) is 0.462. The molecule has 1 aromatic carbocycles. The lowest BCUT2D eigenvalue weighted by atomic mass is 9.78. The lowest BCUT2D eigenvalue weighted by molar-refractivity contribution is -0.122. The van der Waals surface area contributed by atoms with Crippen molar-refractivity contribution >= 4 is 17.4 Å². The van der Waals surface area contributed by atoms with Crippen LogP contribution in [0.15, 0.2) is 18.2 Å². The highest BCUT2D eigenvalue weighted by atomic mass is 35.5. The Labute approximate surface area is 99.6 Å². The number of ketones is 1. The van der Waals surface area contributed by atoms with Crippen LogP contribution in [0, 0.1) is 11.7 Å². The van der Waals surface area contributed by atoms with Gasteiger partial charge in [-0.15, -0.1) is 0 Å². The van der Waals surface area contributed by atoms with Crippen LogP contribution in [-0.4, -0.2) is 5.78 Å². The third kappa shape index (κ3) is 2.12. The van der Waals surface area contributed by atoms with Gasteiger partial charge in [0.15, 0.2) is 0 Å². The van der Waals surface area contributed by atoms with Crippen molar-refractivity contribution in [3.8, 4) is 0 Å². The third-order valence-electron chi connectivity index (χ3n) is 3.27. The van der Waals surface area contributed by atoms with Gasteiger partial charge in [-0.05, 0) is 30.4 Å². The minimum atomic E-state index is -0.434. The summed E-state index contributed by atoms with van der Waals surface area (Å²) in [5.74, 6) is -0.126. The predicted molar refractivity (Wildman–Crippen MR) is 62.2 cm³/mol. The van der Waals surface area contributed by atoms with Crippen LogP contribution < -0.4 is 0 Å². The van der Waals surface area contributed by atoms with Crippen LogP contribution in [-0.2, 0) is 4.79 Å². The van der Waals surface area contributed by atoms with Crippen molar-refractivity contribution in [2.24, 2.45) is 5.92 Å². The van der Waals surface area contributed by atoms with Crippen LogP contribution in [0.25, 0.3) is 0 Å². The molecular weight excluding hydrogens is 227 g/mol. The molecule has 1 unspecified atom stereocenters. The van der Waals surface area contributed by atoms with Gasteiger partial charge < -0.3 is 0 Å². The summed E-state index contributed by atoms with van der Waals surface area (Å²) in [5, 5.41) is 0.100. The number of Topliss-reactive ketones (excluding diaryl/α,β-unsaturated/α-hetero) is 1. The number of carbonyl (C=O) groups is 1. The summed E-state index contributed by atoms with van der Waals surface area (Å²) in [6.07, 6.45) is 2.20. The van der Waals surface area contributed by atoms with E-state index < -0.39 is 5.82 Å². The van der Waals surface area contributed by atoms with Crippen molar-refractivity contribution in [2.75, 3.05) is 0 Å². The Hall–Kier alpha value is -0.890. The van der Waals surface area contributed by atoms with Gasteiger partial charge in [0.1, 0.15) is 11.6 Å². The molecular formula is C13H14ClFO. The molecule has 0 heterocycles. The Morgan fingerprint density at radius 3 is 2.94 bits per heavy atom. The fourth-order valence-corrected chi connectivity index (χ4v) is 2.49. The Kier molecular flexibility index (Phi) is 3.29. The fraction of sp³-hybridized carbons (Fsp3) is 0.462. The van der Waals surface area contributed by atoms with Gasteiger partial charge in [0.2, 0.25) is 0 Å². The van der Waals surface area contributed by atoms with Crippen LogP contribution in [0.5, 0.6) is 0 Å². The minimum Gasteiger partial charge on any atom is -0.299 e. The molecule has 0 radical (unpaired) electrons. The molecule has 1 fully saturated rings. The maximum Gasteiger partial charge on any atom is 0.145 e. The summed E-state index contributed by atoms with van der Waals surface area (Å²) in [6.45, 7) is 2.10. The van der Waals surface area contributed by atoms with E-state index >= 15 is 0 Å². The topological polar surface area (TPSA) is 17.1 Å². The maximum absolute atomic E-state index is 13.8. The lowest BCUT2D eigenvalue weighted by Gasteiger charge is -2.26. The van der Waals surface area contributed by atoms with Gasteiger partial charge >= 0.3 is 0 Å². The van der Waals surface area contributed by atoms with E-state index in [4.69, 9.17) is 11.6 Å². The predicted octanol–water partition coefficient (Wildman–Crippen LogP) is 3.95. The number of hydrogen-bond acceptors (Lipinski definition) is 1. The molecule has 0 amide bonds. The molecule has 0 N–H and O–H groups in total. The molecule has 0 aliphatic heterocycles. The van der Waals surface area contributed by atoms with Gasteiger partial charge in [0.05, 0.1) is 5.02 Å². The fourth-order valence-electron chi connectivity index (χ4n) is 2.30. The minimum absolute atomic E-state index is 0.100. The molecule has 2 rings (SSSR count). The molecule has 1 aliphatic carbocycles. The molecule has 16 heavy (non-hydrogen) atoms. The van der Waals surface area contributed by atoms with E-state index in [2.05, 4.69) is 6.92 Å². The van der Waals surface area contributed by atoms with Crippen molar-refractivity contribution in [1.82, 2.24) is 0 Å². The summed E-state index contributed by atoms with van der Waals surface area (Å²) < 4.78 is 13.8. The van der Waals surface area contributed by atoms with E-state index in [9.17, 15) is 9.18 Å². The highest BCUT2D eigenvalue weighted by Crippen LogP contribution is 2.35. The van der Waals surface area contributed by atoms with Crippen molar-refractivity contribution in [3.05, 3.63) is 34.6 Å². The number of benzene rings is 1. The first kappa shape index (κ1) is 11.6. The smallest absolute Gasteiger partial charge is 0.145 e. The summed E-state index contributed by atoms with van der Waals surface area (Å²) in [7, 11) is 0. The molecule has 1 nitrogen and oxygen atoms in total. The summed E-state index contributed by atoms with van der Waals surface area (Å²) in [4.78, 5) is 11.8. The molecule has 1 aromatic rings. The molecule has 0 spiro atoms. The summed E-state index contributed by atoms with van der Waals surface area (Å²) in [6, 6.07) is 4.88. The first-order chi connectivity index (χ1) is 7.59. The van der Waals surface area contributed by atoms with E-state index in [0.29, 0.717) is 17.9 Å². The monoisotopic (exact) mass is 240 g/mol. The zero-order chi connectivity index (χ0) is 11.7. The average Bonchev–Trinajstić information content (AvgIpc) is 2.26. The number of carbonyl (C=O) groups excluding carboxylic acids is 1. The molecule has 1 aliphatic rings. The molecule has 3 heteroatoms. The second-order valence-electron chi connectivity index (χ2n) is 4.54. The molecule has 0 aromatic heterocycles. The largest absolute Gasteiger partial charge is 0.299 e. The van der Waals surface area contributed by atoms with Crippen LogP contribution in [0.4, 0.5) is 4.39 Å². The number of rotatable bonds is 1. The maximum atomic E-state index is 13.8. The van der Waals surface area contributed by atoms with Gasteiger partial charge in [-0.2, -0.15) is 0 Å². The molecule has 86 valence electrons. The Bertz CT molecular complexity index is 416. The van der Waals surface area contributed by atoms with Gasteiger partial charge in [0.25, 0.3) is 0 Å². The van der Waals surface area contributed by atoms with E-state index in [-0.39, 0.29) is 16.7 Å². The van der Waals surface area contributed by atoms with E-state index in [1.807, 2.05) is 0 Å². The normalized spacial score (nSPS) is 25.8. The second-order valence-corrected chi connectivity index (χ2v) is 4.95. The van der Waals surface area contributed by atoms with Crippen LogP contribution in [0.3, 0.4) is 0 Å². The van der Waals surface area contributed by atoms with Crippen molar-refractivity contribution in [3.63, 3.8) is 0 Å². The molecule has 0 saturated heterocycles. The van der Waals surface area contributed by atoms with Crippen LogP contribution in [0.1, 0.15) is 37.7 Å². The third-order valence-corrected chi connectivity index (χ3v) is 3.56. The van der Waals surface area contributed by atoms with Crippen molar-refractivity contribution in [2.45, 2.75) is 32.1 Å². The Morgan fingerprint density at radius 2 is 2.19 bits per heavy atom.